The topological polar surface area (TPSA) is 77.1 Å². The van der Waals surface area contributed by atoms with E-state index in [0.717, 1.165) is 16.9 Å². The Labute approximate surface area is 176 Å². The third kappa shape index (κ3) is 5.23. The average molecular weight is 412 g/mol. The third-order valence-corrected chi connectivity index (χ3v) is 5.30. The maximum atomic E-state index is 12.5. The summed E-state index contributed by atoms with van der Waals surface area (Å²) in [6.45, 7) is 1.41. The van der Waals surface area contributed by atoms with E-state index in [2.05, 4.69) is 5.32 Å². The maximum absolute atomic E-state index is 12.5. The summed E-state index contributed by atoms with van der Waals surface area (Å²) in [7, 11) is 4.80. The number of nitrogens with one attached hydrogen (secondary N) is 1. The predicted molar refractivity (Wildman–Crippen MR) is 113 cm³/mol. The number of likely N-dealkylation sites (tertiary alicyclic amines) is 1. The van der Waals surface area contributed by atoms with Crippen LogP contribution in [0.2, 0.25) is 0 Å². The molecular weight excluding hydrogens is 384 g/mol. The maximum Gasteiger partial charge on any atom is 0.225 e. The Morgan fingerprint density at radius 1 is 1.03 bits per heavy atom. The van der Waals surface area contributed by atoms with E-state index in [4.69, 9.17) is 14.2 Å². The van der Waals surface area contributed by atoms with E-state index in [0.29, 0.717) is 37.6 Å². The van der Waals surface area contributed by atoms with Gasteiger partial charge in [0.15, 0.2) is 11.5 Å². The van der Waals surface area contributed by atoms with Gasteiger partial charge in [0.2, 0.25) is 11.8 Å². The molecule has 1 fully saturated rings. The summed E-state index contributed by atoms with van der Waals surface area (Å²) < 4.78 is 15.8. The molecule has 0 radical (unpaired) electrons. The summed E-state index contributed by atoms with van der Waals surface area (Å²) in [6, 6.07) is 13.3. The fourth-order valence-electron chi connectivity index (χ4n) is 3.58. The van der Waals surface area contributed by atoms with E-state index in [1.165, 1.54) is 0 Å². The fourth-order valence-corrected chi connectivity index (χ4v) is 3.58. The van der Waals surface area contributed by atoms with Gasteiger partial charge in [-0.1, -0.05) is 18.2 Å². The van der Waals surface area contributed by atoms with Crippen molar-refractivity contribution in [3.8, 4) is 17.2 Å². The fraction of sp³-hybridized carbons (Fsp3) is 0.391. The highest BCUT2D eigenvalue weighted by Gasteiger charge is 2.33. The van der Waals surface area contributed by atoms with Crippen LogP contribution in [0.3, 0.4) is 0 Å². The molecule has 0 aliphatic carbocycles. The van der Waals surface area contributed by atoms with Gasteiger partial charge in [0, 0.05) is 26.1 Å². The van der Waals surface area contributed by atoms with Crippen LogP contribution in [0.5, 0.6) is 17.2 Å². The number of rotatable bonds is 9. The monoisotopic (exact) mass is 412 g/mol. The van der Waals surface area contributed by atoms with E-state index in [9.17, 15) is 9.59 Å². The van der Waals surface area contributed by atoms with Crippen LogP contribution >= 0.6 is 0 Å². The van der Waals surface area contributed by atoms with Gasteiger partial charge >= 0.3 is 0 Å². The van der Waals surface area contributed by atoms with Gasteiger partial charge in [-0.15, -0.1) is 0 Å². The molecule has 30 heavy (non-hydrogen) atoms. The third-order valence-electron chi connectivity index (χ3n) is 5.30. The SMILES string of the molecule is COc1cccc(CNC(=O)[C@@H]2CC(=O)N(CCc3ccc(OC)c(OC)c3)C2)c1. The summed E-state index contributed by atoms with van der Waals surface area (Å²) in [5, 5.41) is 2.93. The molecule has 7 nitrogen and oxygen atoms in total. The molecule has 1 saturated heterocycles. The molecule has 160 valence electrons. The number of hydrogen-bond donors (Lipinski definition) is 1. The first kappa shape index (κ1) is 21.5. The first-order valence-electron chi connectivity index (χ1n) is 9.93. The average Bonchev–Trinajstić information content (AvgIpc) is 3.16. The summed E-state index contributed by atoms with van der Waals surface area (Å²) in [4.78, 5) is 26.7. The highest BCUT2D eigenvalue weighted by Crippen LogP contribution is 2.28. The van der Waals surface area contributed by atoms with E-state index in [1.807, 2.05) is 42.5 Å². The second kappa shape index (κ2) is 10.0. The molecule has 1 aliphatic heterocycles. The van der Waals surface area contributed by atoms with E-state index in [-0.39, 0.29) is 24.2 Å². The number of benzene rings is 2. The van der Waals surface area contributed by atoms with Crippen LogP contribution in [0.15, 0.2) is 42.5 Å². The zero-order chi connectivity index (χ0) is 21.5. The van der Waals surface area contributed by atoms with Crippen LogP contribution in [0.25, 0.3) is 0 Å². The van der Waals surface area contributed by atoms with Crippen molar-refractivity contribution in [2.45, 2.75) is 19.4 Å². The number of carbonyl (C=O) groups is 2. The second-order valence-corrected chi connectivity index (χ2v) is 7.25. The van der Waals surface area contributed by atoms with Crippen molar-refractivity contribution in [1.82, 2.24) is 10.2 Å². The van der Waals surface area contributed by atoms with Crippen LogP contribution in [0, 0.1) is 5.92 Å². The first-order chi connectivity index (χ1) is 14.5. The van der Waals surface area contributed by atoms with Crippen molar-refractivity contribution in [2.24, 2.45) is 5.92 Å². The second-order valence-electron chi connectivity index (χ2n) is 7.25. The van der Waals surface area contributed by atoms with E-state index < -0.39 is 0 Å². The molecule has 0 aromatic heterocycles. The van der Waals surface area contributed by atoms with Gasteiger partial charge in [-0.05, 0) is 41.8 Å². The lowest BCUT2D eigenvalue weighted by molar-refractivity contribution is -0.129. The lowest BCUT2D eigenvalue weighted by Crippen LogP contribution is -2.33. The Kier molecular flexibility index (Phi) is 7.17. The number of amides is 2. The number of carbonyl (C=O) groups excluding carboxylic acids is 2. The van der Waals surface area contributed by atoms with Crippen LogP contribution in [-0.2, 0) is 22.6 Å². The lowest BCUT2D eigenvalue weighted by atomic mass is 10.1. The van der Waals surface area contributed by atoms with Crippen LogP contribution in [0.1, 0.15) is 17.5 Å². The largest absolute Gasteiger partial charge is 0.497 e. The normalized spacial score (nSPS) is 15.8. The van der Waals surface area contributed by atoms with Gasteiger partial charge in [-0.3, -0.25) is 9.59 Å². The number of ether oxygens (including phenoxy) is 3. The Hall–Kier alpha value is -3.22. The van der Waals surface area contributed by atoms with Gasteiger partial charge in [-0.25, -0.2) is 0 Å². The van der Waals surface area contributed by atoms with E-state index >= 15 is 0 Å². The highest BCUT2D eigenvalue weighted by atomic mass is 16.5. The Morgan fingerprint density at radius 3 is 2.57 bits per heavy atom. The Bertz CT molecular complexity index is 899. The van der Waals surface area contributed by atoms with Crippen LogP contribution in [-0.4, -0.2) is 51.1 Å². The Balaban J connectivity index is 1.51. The molecule has 2 aromatic carbocycles. The number of methoxy groups -OCH3 is 3. The lowest BCUT2D eigenvalue weighted by Gasteiger charge is -2.17. The molecule has 0 saturated carbocycles. The van der Waals surface area contributed by atoms with Crippen molar-refractivity contribution in [2.75, 3.05) is 34.4 Å². The zero-order valence-electron chi connectivity index (χ0n) is 17.6. The molecule has 1 heterocycles. The molecular formula is C23H28N2O5. The predicted octanol–water partition coefficient (Wildman–Crippen LogP) is 2.42. The van der Waals surface area contributed by atoms with Gasteiger partial charge in [-0.2, -0.15) is 0 Å². The molecule has 0 spiro atoms. The van der Waals surface area contributed by atoms with Gasteiger partial charge in [0.05, 0.1) is 27.2 Å². The van der Waals surface area contributed by atoms with E-state index in [1.54, 1.807) is 26.2 Å². The highest BCUT2D eigenvalue weighted by molar-refractivity contribution is 5.89. The summed E-state index contributed by atoms with van der Waals surface area (Å²) in [5.41, 5.74) is 2.00. The summed E-state index contributed by atoms with van der Waals surface area (Å²) in [5.74, 6) is 1.67. The molecule has 1 atom stereocenters. The number of hydrogen-bond acceptors (Lipinski definition) is 5. The van der Waals surface area contributed by atoms with Crippen molar-refractivity contribution in [3.05, 3.63) is 53.6 Å². The molecule has 0 unspecified atom stereocenters. The summed E-state index contributed by atoms with van der Waals surface area (Å²) in [6.07, 6.45) is 0.931. The zero-order valence-corrected chi connectivity index (χ0v) is 17.6. The van der Waals surface area contributed by atoms with Crippen LogP contribution < -0.4 is 19.5 Å². The minimum atomic E-state index is -0.325. The molecule has 2 aromatic rings. The molecule has 2 amide bonds. The van der Waals surface area contributed by atoms with Crippen molar-refractivity contribution >= 4 is 11.8 Å². The molecule has 1 aliphatic rings. The molecule has 3 rings (SSSR count). The Morgan fingerprint density at radius 2 is 1.83 bits per heavy atom. The quantitative estimate of drug-likeness (QED) is 0.685. The first-order valence-corrected chi connectivity index (χ1v) is 9.93. The van der Waals surface area contributed by atoms with Gasteiger partial charge < -0.3 is 24.4 Å². The molecule has 7 heteroatoms. The smallest absolute Gasteiger partial charge is 0.225 e. The van der Waals surface area contributed by atoms with Crippen LogP contribution in [0.4, 0.5) is 0 Å². The van der Waals surface area contributed by atoms with Crippen molar-refractivity contribution < 1.29 is 23.8 Å². The van der Waals surface area contributed by atoms with Crippen molar-refractivity contribution in [3.63, 3.8) is 0 Å². The summed E-state index contributed by atoms with van der Waals surface area (Å²) >= 11 is 0. The minimum absolute atomic E-state index is 0.0111. The van der Waals surface area contributed by atoms with Gasteiger partial charge in [0.1, 0.15) is 5.75 Å². The standard InChI is InChI=1S/C23H28N2O5/c1-28-19-6-4-5-17(11-19)14-24-23(27)18-13-22(26)25(15-18)10-9-16-7-8-20(29-2)21(12-16)30-3/h4-8,11-12,18H,9-10,13-15H2,1-3H3,(H,24,27)/t18-/m1/s1. The van der Waals surface area contributed by atoms with Crippen molar-refractivity contribution in [1.29, 1.82) is 0 Å². The van der Waals surface area contributed by atoms with Gasteiger partial charge in [0.25, 0.3) is 0 Å². The number of nitrogens with zero attached hydrogens (tertiary/aromatic N) is 1. The molecule has 0 bridgehead atoms. The minimum Gasteiger partial charge on any atom is -0.497 e. The molecule has 1 N–H and O–H groups in total.